The first kappa shape index (κ1) is 19.7. The maximum Gasteiger partial charge on any atom is 0.255 e. The minimum atomic E-state index is 0.0396. The average Bonchev–Trinajstić information content (AvgIpc) is 2.78. The molecule has 2 aliphatic heterocycles. The lowest BCUT2D eigenvalue weighted by Gasteiger charge is -2.36. The summed E-state index contributed by atoms with van der Waals surface area (Å²) in [6.07, 6.45) is 14.0. The van der Waals surface area contributed by atoms with Crippen molar-refractivity contribution in [2.45, 2.75) is 44.6 Å². The van der Waals surface area contributed by atoms with E-state index in [9.17, 15) is 9.59 Å². The topological polar surface area (TPSA) is 56.8 Å². The van der Waals surface area contributed by atoms with Crippen LogP contribution in [0.4, 0.5) is 5.82 Å². The monoisotopic (exact) mass is 394 g/mol. The second-order valence-corrected chi connectivity index (χ2v) is 8.38. The Morgan fingerprint density at radius 2 is 1.90 bits per heavy atom. The van der Waals surface area contributed by atoms with Crippen LogP contribution in [0.1, 0.15) is 48.0 Å². The second kappa shape index (κ2) is 8.39. The fourth-order valence-electron chi connectivity index (χ4n) is 4.47. The molecule has 0 bridgehead atoms. The van der Waals surface area contributed by atoms with Crippen LogP contribution >= 0.6 is 0 Å². The van der Waals surface area contributed by atoms with E-state index in [2.05, 4.69) is 17.0 Å². The van der Waals surface area contributed by atoms with Gasteiger partial charge < -0.3 is 14.7 Å². The Labute approximate surface area is 172 Å². The predicted octanol–water partition coefficient (Wildman–Crippen LogP) is 2.80. The number of nitrogens with zero attached hydrogens (tertiary/aromatic N) is 4. The number of piperidine rings is 1. The molecular formula is C23H30N4O2. The van der Waals surface area contributed by atoms with E-state index in [1.165, 1.54) is 6.42 Å². The highest BCUT2D eigenvalue weighted by atomic mass is 16.2. The molecule has 29 heavy (non-hydrogen) atoms. The number of likely N-dealkylation sites (tertiary alicyclic amines) is 1. The summed E-state index contributed by atoms with van der Waals surface area (Å²) in [6.45, 7) is 2.66. The van der Waals surface area contributed by atoms with Crippen molar-refractivity contribution in [3.8, 4) is 0 Å². The summed E-state index contributed by atoms with van der Waals surface area (Å²) in [4.78, 5) is 35.6. The van der Waals surface area contributed by atoms with Crippen LogP contribution in [0.5, 0.6) is 0 Å². The summed E-state index contributed by atoms with van der Waals surface area (Å²) >= 11 is 0. The summed E-state index contributed by atoms with van der Waals surface area (Å²) in [7, 11) is 3.55. The molecule has 1 aromatic heterocycles. The number of aryl methyl sites for hydroxylation is 1. The number of anilines is 1. The van der Waals surface area contributed by atoms with Crippen molar-refractivity contribution in [3.05, 3.63) is 47.2 Å². The van der Waals surface area contributed by atoms with Crippen molar-refractivity contribution in [2.75, 3.05) is 38.6 Å². The van der Waals surface area contributed by atoms with Gasteiger partial charge in [0, 0.05) is 45.5 Å². The van der Waals surface area contributed by atoms with Crippen LogP contribution in [0.2, 0.25) is 0 Å². The van der Waals surface area contributed by atoms with Gasteiger partial charge in [0.2, 0.25) is 0 Å². The zero-order chi connectivity index (χ0) is 20.4. The Hall–Kier alpha value is -2.63. The van der Waals surface area contributed by atoms with E-state index < -0.39 is 0 Å². The molecule has 1 unspecified atom stereocenters. The lowest BCUT2D eigenvalue weighted by atomic mass is 9.96. The molecule has 154 valence electrons. The van der Waals surface area contributed by atoms with Crippen LogP contribution in [0.3, 0.4) is 0 Å². The van der Waals surface area contributed by atoms with E-state index in [0.29, 0.717) is 5.56 Å². The summed E-state index contributed by atoms with van der Waals surface area (Å²) in [5.74, 6) is 1.14. The largest absolute Gasteiger partial charge is 0.350 e. The Balaban J connectivity index is 1.50. The van der Waals surface area contributed by atoms with E-state index in [1.807, 2.05) is 17.1 Å². The van der Waals surface area contributed by atoms with Crippen LogP contribution in [0.15, 0.2) is 36.1 Å². The zero-order valence-electron chi connectivity index (χ0n) is 17.4. The molecule has 0 spiro atoms. The van der Waals surface area contributed by atoms with E-state index in [4.69, 9.17) is 4.98 Å². The smallest absolute Gasteiger partial charge is 0.255 e. The first-order valence-corrected chi connectivity index (χ1v) is 10.7. The third-order valence-corrected chi connectivity index (χ3v) is 6.08. The number of amides is 2. The minimum absolute atomic E-state index is 0.0396. The Morgan fingerprint density at radius 3 is 2.59 bits per heavy atom. The zero-order valence-corrected chi connectivity index (χ0v) is 17.4. The lowest BCUT2D eigenvalue weighted by molar-refractivity contribution is -0.124. The molecule has 3 heterocycles. The summed E-state index contributed by atoms with van der Waals surface area (Å²) in [5, 5.41) is 0. The van der Waals surface area contributed by atoms with E-state index in [1.54, 1.807) is 25.2 Å². The fraction of sp³-hybridized carbons (Fsp3) is 0.522. The Morgan fingerprint density at radius 1 is 1.10 bits per heavy atom. The van der Waals surface area contributed by atoms with Crippen molar-refractivity contribution in [2.24, 2.45) is 0 Å². The number of hydrogen-bond acceptors (Lipinski definition) is 4. The van der Waals surface area contributed by atoms with Crippen LogP contribution in [0, 0.1) is 0 Å². The number of carbonyl (C=O) groups excluding carboxylic acids is 2. The van der Waals surface area contributed by atoms with Crippen molar-refractivity contribution in [3.63, 3.8) is 0 Å². The van der Waals surface area contributed by atoms with E-state index in [-0.39, 0.29) is 17.9 Å². The van der Waals surface area contributed by atoms with Crippen molar-refractivity contribution < 1.29 is 9.59 Å². The average molecular weight is 395 g/mol. The summed E-state index contributed by atoms with van der Waals surface area (Å²) < 4.78 is 0. The standard InChI is InChI=1S/C23H30N4O2/c1-25(2)22(28)17-8-10-20(11-9-17)27-14-6-7-18-15-19(16-24-21(18)27)23(29)26-12-4-3-5-13-26/h8-10,15-16,20H,3-7,11-14H2,1-2H3. The second-order valence-electron chi connectivity index (χ2n) is 8.38. The maximum atomic E-state index is 12.8. The highest BCUT2D eigenvalue weighted by molar-refractivity contribution is 5.96. The molecular weight excluding hydrogens is 364 g/mol. The number of pyridine rings is 1. The SMILES string of the molecule is CN(C)C(=O)C1=CCC(N2CCCc3cc(C(=O)N4CCCCC4)cnc32)C=C1. The molecule has 6 nitrogen and oxygen atoms in total. The van der Waals surface area contributed by atoms with E-state index in [0.717, 1.165) is 68.7 Å². The molecule has 6 heteroatoms. The van der Waals surface area contributed by atoms with Gasteiger partial charge in [0.05, 0.1) is 11.6 Å². The van der Waals surface area contributed by atoms with Gasteiger partial charge >= 0.3 is 0 Å². The highest BCUT2D eigenvalue weighted by Gasteiger charge is 2.27. The molecule has 1 atom stereocenters. The van der Waals surface area contributed by atoms with Crippen molar-refractivity contribution in [1.82, 2.24) is 14.8 Å². The summed E-state index contributed by atoms with van der Waals surface area (Å²) in [6, 6.07) is 2.25. The molecule has 0 aromatic carbocycles. The van der Waals surface area contributed by atoms with Gasteiger partial charge in [-0.2, -0.15) is 0 Å². The third-order valence-electron chi connectivity index (χ3n) is 6.08. The molecule has 2 amide bonds. The molecule has 1 aromatic rings. The molecule has 4 rings (SSSR count). The molecule has 0 saturated carbocycles. The van der Waals surface area contributed by atoms with Gasteiger partial charge in [-0.25, -0.2) is 4.98 Å². The van der Waals surface area contributed by atoms with Gasteiger partial charge in [-0.15, -0.1) is 0 Å². The van der Waals surface area contributed by atoms with Gasteiger partial charge in [-0.3, -0.25) is 9.59 Å². The fourth-order valence-corrected chi connectivity index (χ4v) is 4.47. The number of fused-ring (bicyclic) bond motifs is 1. The van der Waals surface area contributed by atoms with Crippen LogP contribution in [-0.4, -0.2) is 66.4 Å². The Kier molecular flexibility index (Phi) is 5.69. The molecule has 1 fully saturated rings. The molecule has 3 aliphatic rings. The Bertz CT molecular complexity index is 852. The quantitative estimate of drug-likeness (QED) is 0.791. The maximum absolute atomic E-state index is 12.8. The summed E-state index contributed by atoms with van der Waals surface area (Å²) in [5.41, 5.74) is 2.62. The first-order valence-electron chi connectivity index (χ1n) is 10.7. The van der Waals surface area contributed by atoms with Gasteiger partial charge in [0.1, 0.15) is 5.82 Å². The van der Waals surface area contributed by atoms with Crippen LogP contribution in [-0.2, 0) is 11.2 Å². The minimum Gasteiger partial charge on any atom is -0.350 e. The van der Waals surface area contributed by atoms with Crippen molar-refractivity contribution >= 4 is 17.6 Å². The first-order chi connectivity index (χ1) is 14.0. The molecule has 0 radical (unpaired) electrons. The predicted molar refractivity (Wildman–Crippen MR) is 114 cm³/mol. The number of likely N-dealkylation sites (N-methyl/N-ethyl adjacent to an activating group) is 1. The third kappa shape index (κ3) is 4.07. The normalized spacial score (nSPS) is 21.4. The number of carbonyl (C=O) groups is 2. The van der Waals surface area contributed by atoms with E-state index >= 15 is 0 Å². The lowest BCUT2D eigenvalue weighted by Crippen LogP contribution is -2.40. The molecule has 1 saturated heterocycles. The van der Waals surface area contributed by atoms with Gasteiger partial charge in [-0.1, -0.05) is 18.2 Å². The molecule has 0 N–H and O–H groups in total. The number of aromatic nitrogens is 1. The number of rotatable bonds is 3. The van der Waals surface area contributed by atoms with Gasteiger partial charge in [-0.05, 0) is 50.2 Å². The van der Waals surface area contributed by atoms with Crippen molar-refractivity contribution in [1.29, 1.82) is 0 Å². The van der Waals surface area contributed by atoms with Crippen LogP contribution in [0.25, 0.3) is 0 Å². The molecule has 1 aliphatic carbocycles. The number of hydrogen-bond donors (Lipinski definition) is 0. The highest BCUT2D eigenvalue weighted by Crippen LogP contribution is 2.30. The van der Waals surface area contributed by atoms with Gasteiger partial charge in [0.25, 0.3) is 11.8 Å². The van der Waals surface area contributed by atoms with Crippen LogP contribution < -0.4 is 4.90 Å². The van der Waals surface area contributed by atoms with Gasteiger partial charge in [0.15, 0.2) is 0 Å².